The van der Waals surface area contributed by atoms with E-state index in [9.17, 15) is 0 Å². The average Bonchev–Trinajstić information content (AvgIpc) is 2.56. The van der Waals surface area contributed by atoms with Gasteiger partial charge in [-0.15, -0.1) is 0 Å². The van der Waals surface area contributed by atoms with Crippen molar-refractivity contribution in [3.8, 4) is 5.75 Å². The second-order valence-corrected chi connectivity index (χ2v) is 6.10. The van der Waals surface area contributed by atoms with E-state index in [-0.39, 0.29) is 0 Å². The van der Waals surface area contributed by atoms with Crippen LogP contribution in [0, 0.1) is 0 Å². The third-order valence-electron chi connectivity index (χ3n) is 4.08. The van der Waals surface area contributed by atoms with Crippen LogP contribution in [-0.4, -0.2) is 13.2 Å². The molecule has 0 amide bonds. The van der Waals surface area contributed by atoms with Gasteiger partial charge in [-0.1, -0.05) is 65.0 Å². The molecule has 0 fully saturated rings. The highest BCUT2D eigenvalue weighted by Gasteiger charge is 2.08. The summed E-state index contributed by atoms with van der Waals surface area (Å²) in [7, 11) is 0. The summed E-state index contributed by atoms with van der Waals surface area (Å²) in [6, 6.07) is 9.07. The Kier molecular flexibility index (Phi) is 10.8. The Morgan fingerprint density at radius 3 is 2.18 bits per heavy atom. The highest BCUT2D eigenvalue weighted by atomic mass is 16.5. The molecule has 1 aromatic rings. The van der Waals surface area contributed by atoms with Gasteiger partial charge >= 0.3 is 0 Å². The number of unbranched alkanes of at least 4 members (excludes halogenated alkanes) is 5. The van der Waals surface area contributed by atoms with E-state index < -0.39 is 0 Å². The van der Waals surface area contributed by atoms with E-state index in [1.807, 2.05) is 0 Å². The monoisotopic (exact) mass is 305 g/mol. The van der Waals surface area contributed by atoms with E-state index in [1.165, 1.54) is 44.1 Å². The number of rotatable bonds is 13. The molecule has 0 bridgehead atoms. The minimum Gasteiger partial charge on any atom is -0.494 e. The lowest BCUT2D eigenvalue weighted by Gasteiger charge is -2.18. The van der Waals surface area contributed by atoms with Crippen molar-refractivity contribution < 1.29 is 4.74 Å². The maximum Gasteiger partial charge on any atom is 0.119 e. The molecule has 22 heavy (non-hydrogen) atoms. The largest absolute Gasteiger partial charge is 0.494 e. The van der Waals surface area contributed by atoms with Gasteiger partial charge in [0.05, 0.1) is 6.61 Å². The third kappa shape index (κ3) is 7.84. The lowest BCUT2D eigenvalue weighted by Crippen LogP contribution is -2.21. The molecule has 1 N–H and O–H groups in total. The first-order chi connectivity index (χ1) is 10.8. The molecular formula is C20H35NO. The van der Waals surface area contributed by atoms with Crippen molar-refractivity contribution in [1.82, 2.24) is 5.32 Å². The fourth-order valence-corrected chi connectivity index (χ4v) is 2.70. The van der Waals surface area contributed by atoms with E-state index >= 15 is 0 Å². The highest BCUT2D eigenvalue weighted by molar-refractivity contribution is 5.29. The fraction of sp³-hybridized carbons (Fsp3) is 0.700. The smallest absolute Gasteiger partial charge is 0.119 e. The van der Waals surface area contributed by atoms with Crippen molar-refractivity contribution >= 4 is 0 Å². The van der Waals surface area contributed by atoms with Crippen LogP contribution in [0.1, 0.15) is 83.7 Å². The van der Waals surface area contributed by atoms with E-state index in [0.29, 0.717) is 6.04 Å². The summed E-state index contributed by atoms with van der Waals surface area (Å²) in [5, 5.41) is 3.70. The second kappa shape index (κ2) is 12.5. The van der Waals surface area contributed by atoms with Crippen LogP contribution in [0.5, 0.6) is 5.75 Å². The summed E-state index contributed by atoms with van der Waals surface area (Å²) < 4.78 is 5.65. The Balaban J connectivity index is 2.28. The first-order valence-corrected chi connectivity index (χ1v) is 9.27. The Labute approximate surface area is 137 Å². The van der Waals surface area contributed by atoms with E-state index in [1.54, 1.807) is 0 Å². The molecule has 1 unspecified atom stereocenters. The van der Waals surface area contributed by atoms with Gasteiger partial charge in [0.1, 0.15) is 5.75 Å². The maximum atomic E-state index is 5.65. The van der Waals surface area contributed by atoms with Gasteiger partial charge in [-0.3, -0.25) is 0 Å². The normalized spacial score (nSPS) is 12.3. The van der Waals surface area contributed by atoms with Crippen molar-refractivity contribution in [2.45, 2.75) is 78.2 Å². The molecule has 2 nitrogen and oxygen atoms in total. The van der Waals surface area contributed by atoms with Crippen LogP contribution < -0.4 is 10.1 Å². The summed E-state index contributed by atoms with van der Waals surface area (Å²) >= 11 is 0. The van der Waals surface area contributed by atoms with Crippen LogP contribution in [-0.2, 0) is 0 Å². The van der Waals surface area contributed by atoms with Gasteiger partial charge in [-0.05, 0) is 43.5 Å². The molecule has 0 radical (unpaired) electrons. The van der Waals surface area contributed by atoms with Crippen molar-refractivity contribution in [3.63, 3.8) is 0 Å². The van der Waals surface area contributed by atoms with Gasteiger partial charge in [0.2, 0.25) is 0 Å². The molecule has 0 aliphatic heterocycles. The fourth-order valence-electron chi connectivity index (χ4n) is 2.70. The van der Waals surface area contributed by atoms with Crippen LogP contribution in [0.15, 0.2) is 24.3 Å². The molecule has 0 aromatic heterocycles. The predicted octanol–water partition coefficient (Wildman–Crippen LogP) is 5.88. The van der Waals surface area contributed by atoms with Crippen LogP contribution in [0.2, 0.25) is 0 Å². The number of ether oxygens (including phenoxy) is 1. The molecule has 126 valence electrons. The van der Waals surface area contributed by atoms with E-state index in [0.717, 1.165) is 31.7 Å². The van der Waals surface area contributed by atoms with Crippen LogP contribution in [0.25, 0.3) is 0 Å². The topological polar surface area (TPSA) is 21.3 Å². The van der Waals surface area contributed by atoms with Gasteiger partial charge in [0.25, 0.3) is 0 Å². The summed E-state index contributed by atoms with van der Waals surface area (Å²) in [5.74, 6) is 0.983. The molecule has 0 saturated heterocycles. The summed E-state index contributed by atoms with van der Waals surface area (Å²) in [4.78, 5) is 0. The molecule has 1 rings (SSSR count). The molecule has 0 heterocycles. The van der Waals surface area contributed by atoms with Gasteiger partial charge in [0, 0.05) is 6.04 Å². The van der Waals surface area contributed by atoms with Crippen molar-refractivity contribution in [1.29, 1.82) is 0 Å². The van der Waals surface area contributed by atoms with Crippen molar-refractivity contribution in [2.75, 3.05) is 13.2 Å². The summed E-state index contributed by atoms with van der Waals surface area (Å²) in [6.45, 7) is 8.57. The Hall–Kier alpha value is -1.02. The first-order valence-electron chi connectivity index (χ1n) is 9.27. The number of benzene rings is 1. The zero-order valence-electron chi connectivity index (χ0n) is 14.9. The quantitative estimate of drug-likeness (QED) is 0.460. The average molecular weight is 306 g/mol. The van der Waals surface area contributed by atoms with Gasteiger partial charge in [-0.25, -0.2) is 0 Å². The minimum atomic E-state index is 0.468. The molecule has 0 aliphatic rings. The van der Waals surface area contributed by atoms with Crippen LogP contribution >= 0.6 is 0 Å². The Morgan fingerprint density at radius 1 is 0.864 bits per heavy atom. The zero-order chi connectivity index (χ0) is 16.0. The third-order valence-corrected chi connectivity index (χ3v) is 4.08. The SMILES string of the molecule is CCCCCCCCNC(CC)c1ccc(OCCC)cc1. The maximum absolute atomic E-state index is 5.65. The highest BCUT2D eigenvalue weighted by Crippen LogP contribution is 2.20. The molecule has 0 aliphatic carbocycles. The second-order valence-electron chi connectivity index (χ2n) is 6.10. The zero-order valence-corrected chi connectivity index (χ0v) is 14.9. The van der Waals surface area contributed by atoms with Crippen LogP contribution in [0.4, 0.5) is 0 Å². The van der Waals surface area contributed by atoms with Crippen LogP contribution in [0.3, 0.4) is 0 Å². The molecule has 1 aromatic carbocycles. The number of nitrogens with one attached hydrogen (secondary N) is 1. The molecule has 1 atom stereocenters. The van der Waals surface area contributed by atoms with Crippen molar-refractivity contribution in [2.24, 2.45) is 0 Å². The standard InChI is InChI=1S/C20H35NO/c1-4-7-8-9-10-11-16-21-20(6-3)18-12-14-19(15-13-18)22-17-5-2/h12-15,20-21H,4-11,16-17H2,1-3H3. The minimum absolute atomic E-state index is 0.468. The molecule has 0 spiro atoms. The number of hydrogen-bond acceptors (Lipinski definition) is 2. The lowest BCUT2D eigenvalue weighted by atomic mass is 10.0. The van der Waals surface area contributed by atoms with Gasteiger partial charge in [0.15, 0.2) is 0 Å². The Bertz CT molecular complexity index is 360. The molecule has 2 heteroatoms. The van der Waals surface area contributed by atoms with Gasteiger partial charge < -0.3 is 10.1 Å². The summed E-state index contributed by atoms with van der Waals surface area (Å²) in [5.41, 5.74) is 1.37. The van der Waals surface area contributed by atoms with Crippen molar-refractivity contribution in [3.05, 3.63) is 29.8 Å². The predicted molar refractivity (Wildman–Crippen MR) is 96.6 cm³/mol. The van der Waals surface area contributed by atoms with E-state index in [4.69, 9.17) is 4.74 Å². The molecular weight excluding hydrogens is 270 g/mol. The summed E-state index contributed by atoms with van der Waals surface area (Å²) in [6.07, 6.45) is 10.3. The molecule has 0 saturated carbocycles. The van der Waals surface area contributed by atoms with Gasteiger partial charge in [-0.2, -0.15) is 0 Å². The van der Waals surface area contributed by atoms with E-state index in [2.05, 4.69) is 50.4 Å². The Morgan fingerprint density at radius 2 is 1.55 bits per heavy atom. The number of hydrogen-bond donors (Lipinski definition) is 1. The first kappa shape index (κ1) is 19.0. The lowest BCUT2D eigenvalue weighted by molar-refractivity contribution is 0.317.